The largest absolute Gasteiger partial charge is 0.0710 e. The molecule has 34 heavy (non-hydrogen) atoms. The van der Waals surface area contributed by atoms with Crippen LogP contribution in [0.25, 0.3) is 0 Å². The fourth-order valence-corrected chi connectivity index (χ4v) is 6.03. The zero-order valence-electron chi connectivity index (χ0n) is 23.5. The lowest BCUT2D eigenvalue weighted by Crippen LogP contribution is -1.86. The predicted octanol–water partition coefficient (Wildman–Crippen LogP) is 13.9. The second-order valence-corrected chi connectivity index (χ2v) is 16.5. The van der Waals surface area contributed by atoms with Gasteiger partial charge in [-0.25, -0.2) is 0 Å². The minimum Gasteiger partial charge on any atom is -0.0710 e. The van der Waals surface area contributed by atoms with Crippen molar-refractivity contribution >= 4 is 45.2 Å². The average molecular weight is 703 g/mol. The van der Waals surface area contributed by atoms with E-state index in [1.54, 1.807) is 0 Å². The van der Waals surface area contributed by atoms with Gasteiger partial charge in [-0.1, -0.05) is 238 Å². The van der Waals surface area contributed by atoms with Crippen LogP contribution in [0, 0.1) is 0 Å². The van der Waals surface area contributed by atoms with E-state index in [4.69, 9.17) is 0 Å². The standard InChI is InChI=1S/C32H64I2/c1-2-3-4-5-6-7-8-9-10-11-12-13-14-15-16-17-18-19-20-21-22-23-24-25-26-27-28-29-30-31-32(33)34/h32H,2-31H2,1H3. The highest BCUT2D eigenvalue weighted by atomic mass is 127. The van der Waals surface area contributed by atoms with E-state index >= 15 is 0 Å². The quantitative estimate of drug-likeness (QED) is 0.0397. The van der Waals surface area contributed by atoms with Crippen molar-refractivity contribution in [3.63, 3.8) is 0 Å². The summed E-state index contributed by atoms with van der Waals surface area (Å²) in [4.78, 5) is 0. The Labute approximate surface area is 245 Å². The Morgan fingerprint density at radius 3 is 0.647 bits per heavy atom. The second kappa shape index (κ2) is 32.5. The van der Waals surface area contributed by atoms with Gasteiger partial charge in [0, 0.05) is 0 Å². The molecule has 0 spiro atoms. The van der Waals surface area contributed by atoms with Gasteiger partial charge >= 0.3 is 0 Å². The molecule has 0 nitrogen and oxygen atoms in total. The number of hydrogen-bond acceptors (Lipinski definition) is 0. The van der Waals surface area contributed by atoms with Gasteiger partial charge in [0.25, 0.3) is 0 Å². The number of unbranched alkanes of at least 4 members (excludes halogenated alkanes) is 28. The third kappa shape index (κ3) is 33.5. The Bertz CT molecular complexity index is 342. The van der Waals surface area contributed by atoms with Crippen molar-refractivity contribution in [1.29, 1.82) is 0 Å². The van der Waals surface area contributed by atoms with Gasteiger partial charge in [0.2, 0.25) is 0 Å². The molecule has 0 heterocycles. The molecule has 0 amide bonds. The zero-order valence-corrected chi connectivity index (χ0v) is 27.9. The molecule has 2 heteroatoms. The molecular weight excluding hydrogens is 638 g/mol. The van der Waals surface area contributed by atoms with Crippen LogP contribution in [0.3, 0.4) is 0 Å². The maximum absolute atomic E-state index is 2.54. The maximum atomic E-state index is 2.54. The van der Waals surface area contributed by atoms with E-state index in [2.05, 4.69) is 52.1 Å². The number of alkyl halides is 2. The Kier molecular flexibility index (Phi) is 33.9. The number of hydrogen-bond donors (Lipinski definition) is 0. The van der Waals surface area contributed by atoms with Crippen molar-refractivity contribution < 1.29 is 0 Å². The Balaban J connectivity index is 3.00. The molecule has 0 aromatic rings. The SMILES string of the molecule is CCCCCCCCCCCCCCCCCCCCCCCCCCCCCCCC(I)I. The van der Waals surface area contributed by atoms with Crippen molar-refractivity contribution in [2.24, 2.45) is 0 Å². The molecule has 0 aliphatic heterocycles. The molecular formula is C32H64I2. The van der Waals surface area contributed by atoms with Crippen molar-refractivity contribution in [1.82, 2.24) is 0 Å². The third-order valence-corrected chi connectivity index (χ3v) is 8.77. The van der Waals surface area contributed by atoms with Crippen LogP contribution < -0.4 is 0 Å². The lowest BCUT2D eigenvalue weighted by molar-refractivity contribution is 0.513. The Hall–Kier alpha value is 1.46. The summed E-state index contributed by atoms with van der Waals surface area (Å²) in [5, 5.41) is 0. The highest BCUT2D eigenvalue weighted by Crippen LogP contribution is 2.19. The van der Waals surface area contributed by atoms with Crippen molar-refractivity contribution in [2.75, 3.05) is 0 Å². The van der Waals surface area contributed by atoms with Crippen LogP contribution in [0.5, 0.6) is 0 Å². The van der Waals surface area contributed by atoms with E-state index < -0.39 is 0 Å². The zero-order chi connectivity index (χ0) is 24.8. The first-order valence-corrected chi connectivity index (χ1v) is 18.5. The topological polar surface area (TPSA) is 0 Å². The van der Waals surface area contributed by atoms with E-state index in [9.17, 15) is 0 Å². The summed E-state index contributed by atoms with van der Waals surface area (Å²) >= 11 is 5.09. The molecule has 206 valence electrons. The van der Waals surface area contributed by atoms with Gasteiger partial charge in [0.05, 0.1) is 1.93 Å². The fraction of sp³-hybridized carbons (Fsp3) is 1.00. The maximum Gasteiger partial charge on any atom is 0.0626 e. The first-order valence-electron chi connectivity index (χ1n) is 16.1. The van der Waals surface area contributed by atoms with Crippen LogP contribution in [-0.4, -0.2) is 1.93 Å². The van der Waals surface area contributed by atoms with E-state index in [0.717, 1.165) is 1.93 Å². The Morgan fingerprint density at radius 1 is 0.294 bits per heavy atom. The van der Waals surface area contributed by atoms with Gasteiger partial charge in [0.15, 0.2) is 0 Å². The van der Waals surface area contributed by atoms with Crippen LogP contribution in [-0.2, 0) is 0 Å². The molecule has 0 rings (SSSR count). The number of halogens is 2. The Morgan fingerprint density at radius 2 is 0.471 bits per heavy atom. The molecule has 0 aromatic heterocycles. The summed E-state index contributed by atoms with van der Waals surface area (Å²) in [6, 6.07) is 0. The normalized spacial score (nSPS) is 11.6. The van der Waals surface area contributed by atoms with E-state index in [-0.39, 0.29) is 0 Å². The molecule has 0 atom stereocenters. The summed E-state index contributed by atoms with van der Waals surface area (Å²) in [5.74, 6) is 0. The van der Waals surface area contributed by atoms with E-state index in [0.29, 0.717) is 0 Å². The minimum atomic E-state index is 0.837. The molecule has 0 radical (unpaired) electrons. The molecule has 0 aromatic carbocycles. The monoisotopic (exact) mass is 702 g/mol. The van der Waals surface area contributed by atoms with Crippen molar-refractivity contribution in [3.8, 4) is 0 Å². The van der Waals surface area contributed by atoms with Gasteiger partial charge in [-0.05, 0) is 6.42 Å². The lowest BCUT2D eigenvalue weighted by Gasteiger charge is -2.05. The average Bonchev–Trinajstić information content (AvgIpc) is 2.83. The molecule has 0 fully saturated rings. The summed E-state index contributed by atoms with van der Waals surface area (Å²) in [5.41, 5.74) is 0. The summed E-state index contributed by atoms with van der Waals surface area (Å²) in [6.07, 6.45) is 44.3. The van der Waals surface area contributed by atoms with Crippen LogP contribution in [0.4, 0.5) is 0 Å². The van der Waals surface area contributed by atoms with Crippen LogP contribution >= 0.6 is 45.2 Å². The fourth-order valence-electron chi connectivity index (χ4n) is 5.14. The lowest BCUT2D eigenvalue weighted by atomic mass is 10.0. The molecule has 0 N–H and O–H groups in total. The van der Waals surface area contributed by atoms with Gasteiger partial charge < -0.3 is 0 Å². The summed E-state index contributed by atoms with van der Waals surface area (Å²) in [6.45, 7) is 2.31. The molecule has 0 saturated heterocycles. The van der Waals surface area contributed by atoms with Crippen molar-refractivity contribution in [2.45, 2.75) is 201 Å². The van der Waals surface area contributed by atoms with Crippen molar-refractivity contribution in [3.05, 3.63) is 0 Å². The van der Waals surface area contributed by atoms with Crippen LogP contribution in [0.1, 0.15) is 200 Å². The first-order chi connectivity index (χ1) is 16.8. The summed E-state index contributed by atoms with van der Waals surface area (Å²) < 4.78 is 0.837. The van der Waals surface area contributed by atoms with E-state index in [1.165, 1.54) is 193 Å². The third-order valence-electron chi connectivity index (χ3n) is 7.53. The molecule has 0 aliphatic carbocycles. The van der Waals surface area contributed by atoms with Crippen LogP contribution in [0.15, 0.2) is 0 Å². The second-order valence-electron chi connectivity index (χ2n) is 11.1. The van der Waals surface area contributed by atoms with Gasteiger partial charge in [-0.3, -0.25) is 0 Å². The first kappa shape index (κ1) is 35.5. The summed E-state index contributed by atoms with van der Waals surface area (Å²) in [7, 11) is 0. The number of rotatable bonds is 30. The molecule has 0 saturated carbocycles. The van der Waals surface area contributed by atoms with Crippen LogP contribution in [0.2, 0.25) is 0 Å². The molecule has 0 unspecified atom stereocenters. The van der Waals surface area contributed by atoms with Gasteiger partial charge in [-0.15, -0.1) is 0 Å². The molecule has 0 bridgehead atoms. The molecule has 0 aliphatic rings. The highest BCUT2D eigenvalue weighted by molar-refractivity contribution is 14.2. The minimum absolute atomic E-state index is 0.837. The van der Waals surface area contributed by atoms with Gasteiger partial charge in [-0.2, -0.15) is 0 Å². The smallest absolute Gasteiger partial charge is 0.0626 e. The van der Waals surface area contributed by atoms with Gasteiger partial charge in [0.1, 0.15) is 0 Å². The van der Waals surface area contributed by atoms with E-state index in [1.807, 2.05) is 0 Å². The highest BCUT2D eigenvalue weighted by Gasteiger charge is 1.98. The predicted molar refractivity (Wildman–Crippen MR) is 176 cm³/mol.